The van der Waals surface area contributed by atoms with Crippen molar-refractivity contribution in [2.45, 2.75) is 20.0 Å². The predicted octanol–water partition coefficient (Wildman–Crippen LogP) is 4.74. The molecule has 0 aliphatic rings. The Kier molecular flexibility index (Phi) is 7.67. The highest BCUT2D eigenvalue weighted by Gasteiger charge is 2.12. The average Bonchev–Trinajstić information content (AvgIpc) is 2.78. The van der Waals surface area contributed by atoms with Crippen LogP contribution in [-0.4, -0.2) is 24.5 Å². The number of ether oxygens (including phenoxy) is 2. The number of carbonyl (C=O) groups is 2. The van der Waals surface area contributed by atoms with Crippen LogP contribution in [0.2, 0.25) is 0 Å². The highest BCUT2D eigenvalue weighted by Crippen LogP contribution is 2.29. The van der Waals surface area contributed by atoms with Gasteiger partial charge in [-0.15, -0.1) is 0 Å². The van der Waals surface area contributed by atoms with Crippen LogP contribution in [0.15, 0.2) is 77.3 Å². The molecule has 7 heteroatoms. The van der Waals surface area contributed by atoms with Crippen LogP contribution in [0.4, 0.5) is 0 Å². The minimum atomic E-state index is -0.477. The molecule has 0 radical (unpaired) electrons. The number of carbonyl (C=O) groups excluding carboxylic acids is 2. The van der Waals surface area contributed by atoms with E-state index in [9.17, 15) is 9.59 Å². The van der Waals surface area contributed by atoms with Gasteiger partial charge in [-0.3, -0.25) is 20.4 Å². The second-order valence-corrected chi connectivity index (χ2v) is 7.82. The van der Waals surface area contributed by atoms with Gasteiger partial charge in [0.05, 0.1) is 10.6 Å². The van der Waals surface area contributed by atoms with Gasteiger partial charge in [-0.05, 0) is 59.6 Å². The molecule has 2 N–H and O–H groups in total. The Labute approximate surface area is 189 Å². The monoisotopic (exact) mass is 482 g/mol. The number of rotatable bonds is 7. The highest BCUT2D eigenvalue weighted by atomic mass is 79.9. The fourth-order valence-electron chi connectivity index (χ4n) is 2.82. The maximum atomic E-state index is 12.3. The molecule has 0 aliphatic heterocycles. The Balaban J connectivity index is 1.54. The van der Waals surface area contributed by atoms with Crippen LogP contribution >= 0.6 is 15.9 Å². The van der Waals surface area contributed by atoms with Crippen LogP contribution in [-0.2, 0) is 4.79 Å². The molecule has 31 heavy (non-hydrogen) atoms. The lowest BCUT2D eigenvalue weighted by atomic mass is 10.1. The molecule has 0 atom stereocenters. The summed E-state index contributed by atoms with van der Waals surface area (Å²) in [5.41, 5.74) is 7.00. The third-order valence-electron chi connectivity index (χ3n) is 4.20. The second-order valence-electron chi connectivity index (χ2n) is 6.96. The van der Waals surface area contributed by atoms with E-state index in [0.717, 1.165) is 11.1 Å². The number of benzene rings is 3. The first-order valence-corrected chi connectivity index (χ1v) is 10.6. The van der Waals surface area contributed by atoms with Gasteiger partial charge in [0.25, 0.3) is 11.8 Å². The van der Waals surface area contributed by atoms with E-state index in [4.69, 9.17) is 9.47 Å². The topological polar surface area (TPSA) is 76.7 Å². The zero-order valence-corrected chi connectivity index (χ0v) is 18.8. The summed E-state index contributed by atoms with van der Waals surface area (Å²) in [5.74, 6) is 0.297. The molecular formula is C24H23BrN2O4. The van der Waals surface area contributed by atoms with Gasteiger partial charge in [0.1, 0.15) is 11.5 Å². The summed E-state index contributed by atoms with van der Waals surface area (Å²) in [6.07, 6.45) is 0.0160. The number of nitrogens with one attached hydrogen (secondary N) is 2. The largest absolute Gasteiger partial charge is 0.490 e. The van der Waals surface area contributed by atoms with Gasteiger partial charge in [0.2, 0.25) is 0 Å². The summed E-state index contributed by atoms with van der Waals surface area (Å²) in [5, 5.41) is 0. The van der Waals surface area contributed by atoms with Crippen molar-refractivity contribution in [3.63, 3.8) is 0 Å². The van der Waals surface area contributed by atoms with Crippen molar-refractivity contribution >= 4 is 27.7 Å². The summed E-state index contributed by atoms with van der Waals surface area (Å²) in [4.78, 5) is 24.5. The van der Waals surface area contributed by atoms with Crippen LogP contribution < -0.4 is 20.3 Å². The molecule has 0 bridgehead atoms. The molecule has 160 valence electrons. The molecule has 0 fully saturated rings. The third kappa shape index (κ3) is 6.33. The zero-order chi connectivity index (χ0) is 22.2. The fraction of sp³-hybridized carbons (Fsp3) is 0.167. The first kappa shape index (κ1) is 22.4. The van der Waals surface area contributed by atoms with Crippen molar-refractivity contribution in [1.29, 1.82) is 0 Å². The molecule has 6 nitrogen and oxygen atoms in total. The lowest BCUT2D eigenvalue weighted by Gasteiger charge is -2.13. The summed E-state index contributed by atoms with van der Waals surface area (Å²) in [7, 11) is 0. The Morgan fingerprint density at radius 3 is 2.32 bits per heavy atom. The van der Waals surface area contributed by atoms with E-state index in [2.05, 4.69) is 26.8 Å². The van der Waals surface area contributed by atoms with E-state index < -0.39 is 11.8 Å². The summed E-state index contributed by atoms with van der Waals surface area (Å²) < 4.78 is 12.0. The number of hydrogen-bond acceptors (Lipinski definition) is 4. The summed E-state index contributed by atoms with van der Waals surface area (Å²) >= 11 is 3.39. The molecule has 3 rings (SSSR count). The minimum Gasteiger partial charge on any atom is -0.490 e. The van der Waals surface area contributed by atoms with E-state index in [1.807, 2.05) is 62.4 Å². The molecule has 3 aromatic carbocycles. The van der Waals surface area contributed by atoms with E-state index in [1.54, 1.807) is 24.3 Å². The quantitative estimate of drug-likeness (QED) is 0.476. The van der Waals surface area contributed by atoms with E-state index >= 15 is 0 Å². The van der Waals surface area contributed by atoms with Gasteiger partial charge in [-0.1, -0.05) is 48.5 Å². The maximum absolute atomic E-state index is 12.3. The van der Waals surface area contributed by atoms with Crippen LogP contribution in [0.1, 0.15) is 24.2 Å². The van der Waals surface area contributed by atoms with E-state index in [1.165, 1.54) is 0 Å². The van der Waals surface area contributed by atoms with Gasteiger partial charge in [-0.25, -0.2) is 0 Å². The molecule has 3 aromatic rings. The Morgan fingerprint density at radius 2 is 1.61 bits per heavy atom. The van der Waals surface area contributed by atoms with Crippen molar-refractivity contribution < 1.29 is 19.1 Å². The summed E-state index contributed by atoms with van der Waals surface area (Å²) in [6.45, 7) is 3.60. The Hall–Kier alpha value is -3.32. The van der Waals surface area contributed by atoms with Gasteiger partial charge in [-0.2, -0.15) is 0 Å². The van der Waals surface area contributed by atoms with E-state index in [0.29, 0.717) is 21.5 Å². The van der Waals surface area contributed by atoms with Crippen molar-refractivity contribution in [3.8, 4) is 22.6 Å². The third-order valence-corrected chi connectivity index (χ3v) is 4.82. The van der Waals surface area contributed by atoms with Gasteiger partial charge < -0.3 is 9.47 Å². The normalized spacial score (nSPS) is 10.5. The van der Waals surface area contributed by atoms with Crippen molar-refractivity contribution in [3.05, 3.63) is 82.8 Å². The predicted molar refractivity (Wildman–Crippen MR) is 123 cm³/mol. The highest BCUT2D eigenvalue weighted by molar-refractivity contribution is 9.10. The van der Waals surface area contributed by atoms with Crippen molar-refractivity contribution in [1.82, 2.24) is 10.9 Å². The van der Waals surface area contributed by atoms with Gasteiger partial charge in [0.15, 0.2) is 6.61 Å². The standard InChI is InChI=1S/C24H23BrN2O4/c1-16(2)31-22-13-12-18(14-20(22)25)24(29)27-26-23(28)15-30-21-11-7-6-10-19(21)17-8-4-3-5-9-17/h3-14,16H,15H2,1-2H3,(H,26,28)(H,27,29). The summed E-state index contributed by atoms with van der Waals surface area (Å²) in [6, 6.07) is 22.2. The molecular weight excluding hydrogens is 460 g/mol. The molecule has 0 heterocycles. The van der Waals surface area contributed by atoms with E-state index in [-0.39, 0.29) is 12.7 Å². The fourth-order valence-corrected chi connectivity index (χ4v) is 3.29. The lowest BCUT2D eigenvalue weighted by Crippen LogP contribution is -2.43. The Morgan fingerprint density at radius 1 is 0.903 bits per heavy atom. The zero-order valence-electron chi connectivity index (χ0n) is 17.2. The number of hydrogen-bond donors (Lipinski definition) is 2. The molecule has 0 aliphatic carbocycles. The maximum Gasteiger partial charge on any atom is 0.276 e. The van der Waals surface area contributed by atoms with Crippen molar-refractivity contribution in [2.75, 3.05) is 6.61 Å². The number of amides is 2. The second kappa shape index (κ2) is 10.6. The Bertz CT molecular complexity index is 1050. The SMILES string of the molecule is CC(C)Oc1ccc(C(=O)NNC(=O)COc2ccccc2-c2ccccc2)cc1Br. The molecule has 0 saturated heterocycles. The number of para-hydroxylation sites is 1. The molecule has 0 aromatic heterocycles. The molecule has 0 unspecified atom stereocenters. The number of hydrazine groups is 1. The molecule has 0 saturated carbocycles. The van der Waals surface area contributed by atoms with Crippen LogP contribution in [0, 0.1) is 0 Å². The van der Waals surface area contributed by atoms with Crippen molar-refractivity contribution in [2.24, 2.45) is 0 Å². The number of halogens is 1. The van der Waals surface area contributed by atoms with Crippen LogP contribution in [0.25, 0.3) is 11.1 Å². The molecule has 0 spiro atoms. The average molecular weight is 483 g/mol. The first-order chi connectivity index (χ1) is 14.9. The minimum absolute atomic E-state index is 0.0160. The molecule has 2 amide bonds. The van der Waals surface area contributed by atoms with Gasteiger partial charge >= 0.3 is 0 Å². The first-order valence-electron chi connectivity index (χ1n) is 9.76. The smallest absolute Gasteiger partial charge is 0.276 e. The van der Waals surface area contributed by atoms with Crippen LogP contribution in [0.3, 0.4) is 0 Å². The van der Waals surface area contributed by atoms with Gasteiger partial charge in [0, 0.05) is 11.1 Å². The van der Waals surface area contributed by atoms with Crippen LogP contribution in [0.5, 0.6) is 11.5 Å². The lowest BCUT2D eigenvalue weighted by molar-refractivity contribution is -0.123.